The lowest BCUT2D eigenvalue weighted by Gasteiger charge is -2.34. The van der Waals surface area contributed by atoms with Crippen LogP contribution in [0.1, 0.15) is 38.9 Å². The molecule has 0 saturated heterocycles. The fraction of sp³-hybridized carbons (Fsp3) is 0.0426. The Bertz CT molecular complexity index is 6230. The van der Waals surface area contributed by atoms with E-state index in [1.54, 1.807) is 12.1 Å². The van der Waals surface area contributed by atoms with E-state index in [0.717, 1.165) is 168 Å². The van der Waals surface area contributed by atoms with Gasteiger partial charge < -0.3 is 33.5 Å². The van der Waals surface area contributed by atoms with Gasteiger partial charge in [0.25, 0.3) is 0 Å². The smallest absolute Gasteiger partial charge is 0.164 e. The molecule has 19 rings (SSSR count). The van der Waals surface area contributed by atoms with Crippen LogP contribution in [-0.2, 0) is 0 Å². The molecule has 0 unspecified atom stereocenters. The second-order valence-corrected chi connectivity index (χ2v) is 27.0. The number of rotatable bonds is 10. The van der Waals surface area contributed by atoms with E-state index < -0.39 is 0 Å². The van der Waals surface area contributed by atoms with E-state index in [0.29, 0.717) is 34.7 Å². The van der Waals surface area contributed by atoms with Gasteiger partial charge >= 0.3 is 0 Å². The van der Waals surface area contributed by atoms with E-state index in [1.807, 2.05) is 95.6 Å². The van der Waals surface area contributed by atoms with Crippen LogP contribution in [0.3, 0.4) is 0 Å². The van der Waals surface area contributed by atoms with E-state index in [1.165, 1.54) is 0 Å². The Hall–Kier alpha value is -14.8. The van der Waals surface area contributed by atoms with Crippen molar-refractivity contribution >= 4 is 73.0 Å². The maximum absolute atomic E-state index is 10.7. The van der Waals surface area contributed by atoms with Gasteiger partial charge in [0.05, 0.1) is 73.6 Å². The largest absolute Gasteiger partial charge is 0.453 e. The molecule has 504 valence electrons. The molecule has 0 amide bonds. The van der Waals surface area contributed by atoms with Crippen LogP contribution in [-0.4, -0.2) is 19.5 Å². The Balaban J connectivity index is 0.703. The molecule has 107 heavy (non-hydrogen) atoms. The molecule has 0 aliphatic carbocycles. The van der Waals surface area contributed by atoms with Crippen molar-refractivity contribution < 1.29 is 14.2 Å². The number of anilines is 9. The van der Waals surface area contributed by atoms with Crippen molar-refractivity contribution in [2.24, 2.45) is 0 Å². The van der Waals surface area contributed by atoms with Gasteiger partial charge in [-0.3, -0.25) is 0 Å². The first-order valence-electron chi connectivity index (χ1n) is 35.3. The lowest BCUT2D eigenvalue weighted by molar-refractivity contribution is 0.477. The first kappa shape index (κ1) is 63.1. The lowest BCUT2D eigenvalue weighted by Crippen LogP contribution is -2.16. The van der Waals surface area contributed by atoms with Crippen LogP contribution in [0.2, 0.25) is 0 Å². The summed E-state index contributed by atoms with van der Waals surface area (Å²) in [5, 5.41) is 33.2. The summed E-state index contributed by atoms with van der Waals surface area (Å²) in [5.74, 6) is 6.05. The van der Waals surface area contributed by atoms with Gasteiger partial charge in [-0.2, -0.15) is 15.8 Å². The second-order valence-electron chi connectivity index (χ2n) is 27.0. The molecule has 2 aromatic heterocycles. The Morgan fingerprint density at radius 1 is 0.308 bits per heavy atom. The third-order valence-electron chi connectivity index (χ3n) is 20.7. The molecule has 0 spiro atoms. The molecule has 0 atom stereocenters. The van der Waals surface area contributed by atoms with E-state index in [-0.39, 0.29) is 16.7 Å². The molecule has 3 aliphatic heterocycles. The molecular formula is C94H60N10O3. The van der Waals surface area contributed by atoms with E-state index >= 15 is 0 Å². The summed E-state index contributed by atoms with van der Waals surface area (Å²) in [4.78, 5) is 22.6. The first-order chi connectivity index (χ1) is 52.6. The predicted octanol–water partition coefficient (Wildman–Crippen LogP) is 24.5. The quantitative estimate of drug-likeness (QED) is 0.128. The fourth-order valence-electron chi connectivity index (χ4n) is 15.8. The normalized spacial score (nSPS) is 12.3. The third kappa shape index (κ3) is 10.5. The third-order valence-corrected chi connectivity index (χ3v) is 20.7. The van der Waals surface area contributed by atoms with E-state index in [9.17, 15) is 15.8 Å². The highest BCUT2D eigenvalue weighted by molar-refractivity contribution is 6.12. The second kappa shape index (κ2) is 25.3. The van der Waals surface area contributed by atoms with Gasteiger partial charge in [0, 0.05) is 50.1 Å². The van der Waals surface area contributed by atoms with Crippen LogP contribution in [0, 0.1) is 61.7 Å². The summed E-state index contributed by atoms with van der Waals surface area (Å²) in [7, 11) is 0. The fourth-order valence-corrected chi connectivity index (χ4v) is 15.8. The van der Waals surface area contributed by atoms with Crippen molar-refractivity contribution in [1.82, 2.24) is 19.5 Å². The molecule has 14 aromatic carbocycles. The topological polar surface area (TPSA) is 152 Å². The Kier molecular flexibility index (Phi) is 14.9. The van der Waals surface area contributed by atoms with Crippen molar-refractivity contribution in [3.63, 3.8) is 0 Å². The van der Waals surface area contributed by atoms with Crippen molar-refractivity contribution in [1.29, 1.82) is 15.8 Å². The minimum absolute atomic E-state index is 0.238. The number of benzene rings is 14. The molecule has 13 heteroatoms. The van der Waals surface area contributed by atoms with Gasteiger partial charge in [-0.15, -0.1) is 0 Å². The van der Waals surface area contributed by atoms with Gasteiger partial charge in [-0.1, -0.05) is 115 Å². The van der Waals surface area contributed by atoms with Gasteiger partial charge in [0.15, 0.2) is 52.0 Å². The molecular weight excluding hydrogens is 1320 g/mol. The molecule has 13 nitrogen and oxygen atoms in total. The van der Waals surface area contributed by atoms with Crippen molar-refractivity contribution in [2.45, 2.75) is 27.7 Å². The maximum atomic E-state index is 10.7. The van der Waals surface area contributed by atoms with Crippen LogP contribution < -0.4 is 28.9 Å². The first-order valence-corrected chi connectivity index (χ1v) is 35.3. The molecule has 0 bridgehead atoms. The van der Waals surface area contributed by atoms with Crippen LogP contribution in [0.25, 0.3) is 95.0 Å². The molecule has 16 aromatic rings. The number of aromatic nitrogens is 4. The summed E-state index contributed by atoms with van der Waals surface area (Å²) >= 11 is 0. The van der Waals surface area contributed by atoms with Crippen LogP contribution in [0.15, 0.2) is 291 Å². The summed E-state index contributed by atoms with van der Waals surface area (Å²) in [6.07, 6.45) is 0. The highest BCUT2D eigenvalue weighted by Crippen LogP contribution is 2.56. The van der Waals surface area contributed by atoms with E-state index in [2.05, 4.69) is 249 Å². The summed E-state index contributed by atoms with van der Waals surface area (Å²) in [5.41, 5.74) is 24.2. The average Bonchev–Trinajstić information content (AvgIpc) is 1.65. The number of nitriles is 3. The Labute approximate surface area is 617 Å². The highest BCUT2D eigenvalue weighted by atomic mass is 16.5. The zero-order chi connectivity index (χ0) is 72.1. The van der Waals surface area contributed by atoms with Crippen molar-refractivity contribution in [3.8, 4) is 126 Å². The molecule has 0 N–H and O–H groups in total. The number of nitrogens with zero attached hydrogens (tertiary/aromatic N) is 10. The zero-order valence-corrected chi connectivity index (χ0v) is 58.4. The number of aryl methyl sites for hydroxylation is 3. The molecule has 3 aliphatic rings. The van der Waals surface area contributed by atoms with Crippen LogP contribution in [0.5, 0.6) is 34.5 Å². The number of para-hydroxylation sites is 11. The molecule has 0 fully saturated rings. The Morgan fingerprint density at radius 3 is 1.09 bits per heavy atom. The number of hydrogen-bond donors (Lipinski definition) is 0. The zero-order valence-electron chi connectivity index (χ0n) is 58.4. The van der Waals surface area contributed by atoms with Crippen molar-refractivity contribution in [2.75, 3.05) is 14.7 Å². The van der Waals surface area contributed by atoms with Gasteiger partial charge in [-0.25, -0.2) is 15.0 Å². The van der Waals surface area contributed by atoms with E-state index in [4.69, 9.17) is 29.2 Å². The summed E-state index contributed by atoms with van der Waals surface area (Å²) in [6, 6.07) is 105. The Morgan fingerprint density at radius 2 is 0.673 bits per heavy atom. The minimum atomic E-state index is 0.238. The molecule has 0 radical (unpaired) electrons. The van der Waals surface area contributed by atoms with Gasteiger partial charge in [0.2, 0.25) is 0 Å². The lowest BCUT2D eigenvalue weighted by atomic mass is 9.88. The SMILES string of the molecule is Cc1cccc(C)c1-c1ccc2c(c1)c1cc(-c3c(C)ccc(-c4cccc5c4Oc4ccccc4N5c4ccc(-c5nc(-c6ccc(N7c8ccccc8Oc8ccccc87)cc6)nc(-c6ccc(N7c8ccccc8Oc8ccccc87)cc6)n5)cc4)c3C)ccc1n2-c1c(C#N)cc(C#N)cc1C#N. The minimum Gasteiger partial charge on any atom is -0.453 e. The highest BCUT2D eigenvalue weighted by Gasteiger charge is 2.32. The maximum Gasteiger partial charge on any atom is 0.164 e. The number of fused-ring (bicyclic) bond motifs is 9. The molecule has 0 saturated carbocycles. The number of ether oxygens (including phenoxy) is 3. The number of hydrogen-bond acceptors (Lipinski definition) is 12. The van der Waals surface area contributed by atoms with Crippen LogP contribution >= 0.6 is 0 Å². The van der Waals surface area contributed by atoms with Gasteiger partial charge in [-0.05, 0) is 254 Å². The molecule has 5 heterocycles. The van der Waals surface area contributed by atoms with Crippen LogP contribution in [0.4, 0.5) is 51.2 Å². The van der Waals surface area contributed by atoms with Gasteiger partial charge in [0.1, 0.15) is 12.1 Å². The monoisotopic (exact) mass is 1380 g/mol. The summed E-state index contributed by atoms with van der Waals surface area (Å²) in [6.45, 7) is 8.60. The predicted molar refractivity (Wildman–Crippen MR) is 424 cm³/mol. The average molecular weight is 1380 g/mol. The summed E-state index contributed by atoms with van der Waals surface area (Å²) < 4.78 is 21.9. The standard InChI is InChI=1S/C94H60N10O3/c1-56-17-15-18-57(2)88(56)64-38-47-75-73(51-64)74-52-65(39-48-76(74)104(75)90-66(54-96)49-60(53-95)50-67(90)55-97)89-58(3)31-46-71(59(89)4)72-19-16-25-82-91(72)107-87-30-14-9-24-81(87)103(82)70-44-36-63(37-45-70)94-99-92(61-32-40-68(41-33-61)101-77-20-5-10-26-83(77)105-84-27-11-6-21-78(84)101)98-93(100-94)62-34-42-69(43-35-62)102-79-22-7-12-28-85(79)106-86-29-13-8-23-80(86)102/h5-52H,1-4H3. The van der Waals surface area contributed by atoms with Crippen molar-refractivity contribution in [3.05, 3.63) is 330 Å².